The molecule has 6 rings (SSSR count). The van der Waals surface area contributed by atoms with E-state index >= 15 is 0 Å². The average Bonchev–Trinajstić information content (AvgIpc) is 3.46. The highest BCUT2D eigenvalue weighted by molar-refractivity contribution is 7.92. The van der Waals surface area contributed by atoms with Crippen molar-refractivity contribution >= 4 is 44.1 Å². The molecule has 0 spiro atoms. The molecule has 0 saturated carbocycles. The van der Waals surface area contributed by atoms with Gasteiger partial charge in [-0.1, -0.05) is 12.1 Å². The summed E-state index contributed by atoms with van der Waals surface area (Å²) in [6, 6.07) is 8.72. The van der Waals surface area contributed by atoms with Gasteiger partial charge in [0.15, 0.2) is 16.8 Å². The fraction of sp³-hybridized carbons (Fsp3) is 0.360. The van der Waals surface area contributed by atoms with Crippen LogP contribution in [0.25, 0.3) is 0 Å². The number of halogens is 1. The molecular weight excluding hydrogens is 535 g/mol. The van der Waals surface area contributed by atoms with Crippen molar-refractivity contribution in [3.8, 4) is 0 Å². The summed E-state index contributed by atoms with van der Waals surface area (Å²) in [6.45, 7) is 1.83. The van der Waals surface area contributed by atoms with Crippen LogP contribution in [0.5, 0.6) is 0 Å². The summed E-state index contributed by atoms with van der Waals surface area (Å²) in [6.07, 6.45) is 2.02. The van der Waals surface area contributed by atoms with Crippen molar-refractivity contribution in [2.24, 2.45) is 10.3 Å². The molecule has 200 valence electrons. The van der Waals surface area contributed by atoms with Gasteiger partial charge in [-0.05, 0) is 55.2 Å². The van der Waals surface area contributed by atoms with Crippen molar-refractivity contribution in [1.82, 2.24) is 4.90 Å². The summed E-state index contributed by atoms with van der Waals surface area (Å²) < 4.78 is 62.7. The summed E-state index contributed by atoms with van der Waals surface area (Å²) in [5.74, 6) is -1.49. The topological polar surface area (TPSA) is 137 Å². The molecule has 3 N–H and O–H groups in total. The summed E-state index contributed by atoms with van der Waals surface area (Å²) in [7, 11) is -5.52. The molecule has 0 aromatic heterocycles. The maximum absolute atomic E-state index is 13.9. The van der Waals surface area contributed by atoms with E-state index in [1.165, 1.54) is 24.3 Å². The summed E-state index contributed by atoms with van der Waals surface area (Å²) >= 11 is 0. The third-order valence-corrected chi connectivity index (χ3v) is 9.02. The second kappa shape index (κ2) is 8.89. The maximum atomic E-state index is 13.9. The lowest BCUT2D eigenvalue weighted by Gasteiger charge is -2.42. The lowest BCUT2D eigenvalue weighted by atomic mass is 9.77. The Balaban J connectivity index is 1.37. The molecule has 13 heteroatoms. The molecule has 0 radical (unpaired) electrons. The van der Waals surface area contributed by atoms with E-state index in [1.54, 1.807) is 24.0 Å². The first-order valence-electron chi connectivity index (χ1n) is 12.0. The first-order valence-corrected chi connectivity index (χ1v) is 15.0. The van der Waals surface area contributed by atoms with Gasteiger partial charge >= 0.3 is 0 Å². The van der Waals surface area contributed by atoms with Crippen LogP contribution in [0.1, 0.15) is 24.0 Å². The van der Waals surface area contributed by atoms with Crippen LogP contribution in [-0.4, -0.2) is 58.9 Å². The molecule has 38 heavy (non-hydrogen) atoms. The second-order valence-corrected chi connectivity index (χ2v) is 12.9. The Kier molecular flexibility index (Phi) is 5.85. The molecule has 4 heterocycles. The zero-order chi connectivity index (χ0) is 26.9. The fourth-order valence-corrected chi connectivity index (χ4v) is 7.27. The Morgan fingerprint density at radius 1 is 1.24 bits per heavy atom. The van der Waals surface area contributed by atoms with Gasteiger partial charge in [0.05, 0.1) is 41.0 Å². The van der Waals surface area contributed by atoms with Crippen molar-refractivity contribution in [3.63, 3.8) is 0 Å². The summed E-state index contributed by atoms with van der Waals surface area (Å²) in [5, 5.41) is 14.4. The van der Waals surface area contributed by atoms with E-state index < -0.39 is 32.8 Å². The van der Waals surface area contributed by atoms with Crippen molar-refractivity contribution < 1.29 is 31.7 Å². The quantitative estimate of drug-likeness (QED) is 0.511. The molecule has 2 aromatic rings. The van der Waals surface area contributed by atoms with Crippen LogP contribution < -0.4 is 10.0 Å². The van der Waals surface area contributed by atoms with Gasteiger partial charge in [0, 0.05) is 12.2 Å². The van der Waals surface area contributed by atoms with Crippen LogP contribution in [0.4, 0.5) is 15.8 Å². The number of nitrogens with zero attached hydrogens (tertiary/aromatic N) is 2. The number of carbonyl (C=O) groups is 1. The molecule has 4 aliphatic rings. The summed E-state index contributed by atoms with van der Waals surface area (Å²) in [4.78, 5) is 15.8. The van der Waals surface area contributed by atoms with Crippen LogP contribution >= 0.6 is 0 Å². The van der Waals surface area contributed by atoms with Gasteiger partial charge in [-0.2, -0.15) is 4.40 Å². The maximum Gasteiger partial charge on any atom is 0.261 e. The molecule has 10 nitrogen and oxygen atoms in total. The number of carbonyl (C=O) groups excluding carboxylic acids is 1. The molecule has 4 aliphatic heterocycles. The first kappa shape index (κ1) is 25.0. The number of rotatable bonds is 5. The Morgan fingerprint density at radius 2 is 2.00 bits per heavy atom. The number of hydrogen-bond acceptors (Lipinski definition) is 7. The number of amidine groups is 1. The second-order valence-electron chi connectivity index (χ2n) is 9.98. The highest BCUT2D eigenvalue weighted by Gasteiger charge is 2.58. The van der Waals surface area contributed by atoms with Gasteiger partial charge in [0.2, 0.25) is 10.0 Å². The lowest BCUT2D eigenvalue weighted by Crippen LogP contribution is -2.55. The highest BCUT2D eigenvalue weighted by atomic mass is 32.2. The smallest absolute Gasteiger partial charge is 0.261 e. The molecule has 2 saturated heterocycles. The number of hydrogen-bond donors (Lipinski definition) is 3. The monoisotopic (exact) mass is 560 g/mol. The zero-order valence-corrected chi connectivity index (χ0v) is 22.1. The number of aliphatic hydroxyl groups is 1. The van der Waals surface area contributed by atoms with E-state index in [0.29, 0.717) is 11.3 Å². The number of fused-ring (bicyclic) bond motifs is 6. The van der Waals surface area contributed by atoms with E-state index in [1.807, 2.05) is 0 Å². The molecule has 5 unspecified atom stereocenters. The third-order valence-electron chi connectivity index (χ3n) is 7.35. The largest absolute Gasteiger partial charge is 0.511 e. The van der Waals surface area contributed by atoms with E-state index in [9.17, 15) is 26.9 Å². The Hall–Kier alpha value is -3.29. The van der Waals surface area contributed by atoms with Gasteiger partial charge in [0.25, 0.3) is 5.91 Å². The Bertz CT molecular complexity index is 1570. The number of amides is 1. The number of aryl methyl sites for hydroxylation is 1. The van der Waals surface area contributed by atoms with Crippen molar-refractivity contribution in [1.29, 1.82) is 0 Å². The number of ether oxygens (including phenoxy) is 1. The Labute approximate surface area is 221 Å². The minimum atomic E-state index is -3.54. The van der Waals surface area contributed by atoms with Crippen LogP contribution in [0, 0.1) is 18.7 Å². The standard InChI is InChI=1S/C25H25FN4O6S2/c1-12-9-13(3-5-15(12)26)11-30-22-18-8-7-17(36-18)20(22)23(31)21(25(30)32)24-27-16-6-4-14(29-38(2,34)35)10-19(16)37(33)28-24/h3-6,9-10,17-18,20,22,29,31H,7-8,11H2,1-2H3,(H,27,28). The van der Waals surface area contributed by atoms with Crippen molar-refractivity contribution in [2.45, 2.75) is 49.5 Å². The normalized spacial score (nSPS) is 28.1. The van der Waals surface area contributed by atoms with E-state index in [4.69, 9.17) is 4.74 Å². The number of benzene rings is 2. The minimum absolute atomic E-state index is 0.0383. The zero-order valence-electron chi connectivity index (χ0n) is 20.5. The van der Waals surface area contributed by atoms with E-state index in [0.717, 1.165) is 24.7 Å². The number of nitrogens with one attached hydrogen (secondary N) is 2. The molecule has 2 aromatic carbocycles. The van der Waals surface area contributed by atoms with Crippen LogP contribution in [0.3, 0.4) is 0 Å². The third kappa shape index (κ3) is 4.18. The van der Waals surface area contributed by atoms with Crippen LogP contribution in [-0.2, 0) is 37.1 Å². The van der Waals surface area contributed by atoms with E-state index in [2.05, 4.69) is 14.4 Å². The molecule has 0 aliphatic carbocycles. The van der Waals surface area contributed by atoms with Crippen molar-refractivity contribution in [2.75, 3.05) is 16.3 Å². The van der Waals surface area contributed by atoms with Gasteiger partial charge in [-0.15, -0.1) is 0 Å². The predicted octanol–water partition coefficient (Wildman–Crippen LogP) is 2.75. The van der Waals surface area contributed by atoms with Gasteiger partial charge in [-0.3, -0.25) is 9.52 Å². The molecule has 1 amide bonds. The molecule has 2 fully saturated rings. The SMILES string of the molecule is Cc1cc(CN2C(=O)C(C3=NS(=O)c4cc(NS(C)(=O)=O)ccc4N3)=C(O)C3C4CCC(O4)C32)ccc1F. The number of sulfonamides is 1. The predicted molar refractivity (Wildman–Crippen MR) is 139 cm³/mol. The van der Waals surface area contributed by atoms with Gasteiger partial charge in [-0.25, -0.2) is 17.0 Å². The number of aliphatic hydroxyl groups excluding tert-OH is 1. The van der Waals surface area contributed by atoms with Crippen LogP contribution in [0.15, 0.2) is 57.0 Å². The molecular formula is C25H25FN4O6S2. The molecule has 5 atom stereocenters. The van der Waals surface area contributed by atoms with E-state index in [-0.39, 0.29) is 58.4 Å². The minimum Gasteiger partial charge on any atom is -0.511 e. The lowest BCUT2D eigenvalue weighted by molar-refractivity contribution is -0.133. The van der Waals surface area contributed by atoms with Gasteiger partial charge in [0.1, 0.15) is 17.1 Å². The highest BCUT2D eigenvalue weighted by Crippen LogP contribution is 2.48. The van der Waals surface area contributed by atoms with Gasteiger partial charge < -0.3 is 20.1 Å². The van der Waals surface area contributed by atoms with Crippen molar-refractivity contribution in [3.05, 3.63) is 64.7 Å². The summed E-state index contributed by atoms with van der Waals surface area (Å²) in [5.41, 5.74) is 1.70. The van der Waals surface area contributed by atoms with Crippen LogP contribution in [0.2, 0.25) is 0 Å². The number of anilines is 2. The Morgan fingerprint density at radius 3 is 2.74 bits per heavy atom. The first-order chi connectivity index (χ1) is 18.0. The molecule has 2 bridgehead atoms. The average molecular weight is 561 g/mol. The fourth-order valence-electron chi connectivity index (χ4n) is 5.78.